The summed E-state index contributed by atoms with van der Waals surface area (Å²) in [6, 6.07) is 4.44. The Bertz CT molecular complexity index is 703. The van der Waals surface area contributed by atoms with Crippen LogP contribution in [0.1, 0.15) is 46.1 Å². The minimum atomic E-state index is -0.869. The average molecular weight is 414 g/mol. The van der Waals surface area contributed by atoms with Gasteiger partial charge >= 0.3 is 6.09 Å². The molecule has 28 heavy (non-hydrogen) atoms. The van der Waals surface area contributed by atoms with E-state index in [0.29, 0.717) is 23.8 Å². The normalized spacial score (nSPS) is 11.9. The van der Waals surface area contributed by atoms with Gasteiger partial charge in [-0.25, -0.2) is 4.79 Å². The van der Waals surface area contributed by atoms with Crippen molar-refractivity contribution < 1.29 is 23.9 Å². The van der Waals surface area contributed by atoms with E-state index < -0.39 is 23.6 Å². The van der Waals surface area contributed by atoms with E-state index in [-0.39, 0.29) is 12.3 Å². The number of halogens is 1. The Labute approximate surface area is 170 Å². The van der Waals surface area contributed by atoms with Gasteiger partial charge in [-0.2, -0.15) is 0 Å². The number of hydrogen-bond donors (Lipinski definition) is 3. The van der Waals surface area contributed by atoms with Crippen molar-refractivity contribution in [2.75, 3.05) is 6.61 Å². The zero-order valence-electron chi connectivity index (χ0n) is 16.8. The maximum absolute atomic E-state index is 11.9. The molecule has 0 aromatic heterocycles. The van der Waals surface area contributed by atoms with Gasteiger partial charge in [0.2, 0.25) is 5.91 Å². The van der Waals surface area contributed by atoms with Crippen LogP contribution in [0.15, 0.2) is 18.2 Å². The van der Waals surface area contributed by atoms with Crippen LogP contribution < -0.4 is 20.9 Å². The molecular formula is C19H28ClN3O5. The van der Waals surface area contributed by atoms with Crippen molar-refractivity contribution in [2.24, 2.45) is 0 Å². The third-order valence-electron chi connectivity index (χ3n) is 3.39. The number of carbonyl (C=O) groups is 3. The lowest BCUT2D eigenvalue weighted by atomic mass is 10.2. The standard InChI is InChI=1S/C19H28ClN3O5/c1-12-11-14(20)8-9-15(12)27-10-6-7-16(24)22-23-17(25)13(2)21-18(26)28-19(3,4)5/h8-9,11,13H,6-7,10H2,1-5H3,(H,21,26)(H,22,24)(H,23,25)/t13-/m1/s1. The topological polar surface area (TPSA) is 106 Å². The van der Waals surface area contributed by atoms with Crippen LogP contribution in [0.3, 0.4) is 0 Å². The number of aryl methyl sites for hydroxylation is 1. The van der Waals surface area contributed by atoms with Gasteiger partial charge in [0.1, 0.15) is 17.4 Å². The number of amides is 3. The summed E-state index contributed by atoms with van der Waals surface area (Å²) in [6.07, 6.45) is -0.0767. The lowest BCUT2D eigenvalue weighted by molar-refractivity contribution is -0.129. The fraction of sp³-hybridized carbons (Fsp3) is 0.526. The second-order valence-corrected chi connectivity index (χ2v) is 7.70. The van der Waals surface area contributed by atoms with Gasteiger partial charge in [0.05, 0.1) is 6.61 Å². The van der Waals surface area contributed by atoms with Crippen molar-refractivity contribution in [3.05, 3.63) is 28.8 Å². The highest BCUT2D eigenvalue weighted by atomic mass is 35.5. The van der Waals surface area contributed by atoms with E-state index in [1.807, 2.05) is 6.92 Å². The zero-order valence-corrected chi connectivity index (χ0v) is 17.6. The van der Waals surface area contributed by atoms with E-state index in [1.54, 1.807) is 39.0 Å². The van der Waals surface area contributed by atoms with E-state index in [0.717, 1.165) is 5.56 Å². The summed E-state index contributed by atoms with van der Waals surface area (Å²) in [4.78, 5) is 35.3. The first kappa shape index (κ1) is 23.6. The van der Waals surface area contributed by atoms with Gasteiger partial charge in [-0.1, -0.05) is 11.6 Å². The number of rotatable bonds is 7. The molecule has 9 heteroatoms. The maximum Gasteiger partial charge on any atom is 0.408 e. The minimum absolute atomic E-state index is 0.167. The van der Waals surface area contributed by atoms with Crippen LogP contribution in [0.25, 0.3) is 0 Å². The predicted molar refractivity (Wildman–Crippen MR) is 106 cm³/mol. The molecule has 1 aromatic carbocycles. The van der Waals surface area contributed by atoms with Gasteiger partial charge in [0, 0.05) is 11.4 Å². The zero-order chi connectivity index (χ0) is 21.3. The molecule has 0 bridgehead atoms. The number of benzene rings is 1. The molecule has 156 valence electrons. The van der Waals surface area contributed by atoms with Gasteiger partial charge in [-0.05, 0) is 64.8 Å². The summed E-state index contributed by atoms with van der Waals surface area (Å²) in [6.45, 7) is 8.87. The third-order valence-corrected chi connectivity index (χ3v) is 3.63. The van der Waals surface area contributed by atoms with Crippen LogP contribution in [-0.4, -0.2) is 36.2 Å². The van der Waals surface area contributed by atoms with E-state index in [2.05, 4.69) is 16.2 Å². The van der Waals surface area contributed by atoms with Gasteiger partial charge in [-0.15, -0.1) is 0 Å². The van der Waals surface area contributed by atoms with Crippen molar-refractivity contribution in [1.29, 1.82) is 0 Å². The summed E-state index contributed by atoms with van der Waals surface area (Å²) in [5.41, 5.74) is 4.81. The van der Waals surface area contributed by atoms with Gasteiger partial charge in [-0.3, -0.25) is 20.4 Å². The van der Waals surface area contributed by atoms with E-state index >= 15 is 0 Å². The second kappa shape index (κ2) is 10.8. The lowest BCUT2D eigenvalue weighted by Crippen LogP contribution is -2.51. The lowest BCUT2D eigenvalue weighted by Gasteiger charge is -2.21. The summed E-state index contributed by atoms with van der Waals surface area (Å²) in [5.74, 6) is -0.221. The molecule has 0 aliphatic heterocycles. The molecule has 1 rings (SSSR count). The average Bonchev–Trinajstić information content (AvgIpc) is 2.56. The van der Waals surface area contributed by atoms with Crippen molar-refractivity contribution in [1.82, 2.24) is 16.2 Å². The Morgan fingerprint density at radius 2 is 1.86 bits per heavy atom. The summed E-state index contributed by atoms with van der Waals surface area (Å²) < 4.78 is 10.7. The molecule has 0 aliphatic carbocycles. The molecule has 8 nitrogen and oxygen atoms in total. The van der Waals surface area contributed by atoms with E-state index in [1.165, 1.54) is 6.92 Å². The molecule has 0 saturated carbocycles. The fourth-order valence-electron chi connectivity index (χ4n) is 2.04. The SMILES string of the molecule is Cc1cc(Cl)ccc1OCCCC(=O)NNC(=O)[C@@H](C)NC(=O)OC(C)(C)C. The number of hydrazine groups is 1. The van der Waals surface area contributed by atoms with Crippen LogP contribution in [0.5, 0.6) is 5.75 Å². The van der Waals surface area contributed by atoms with Gasteiger partial charge in [0.25, 0.3) is 5.91 Å². The highest BCUT2D eigenvalue weighted by Crippen LogP contribution is 2.21. The summed E-state index contributed by atoms with van der Waals surface area (Å²) >= 11 is 5.89. The molecule has 0 saturated heterocycles. The molecule has 0 unspecified atom stereocenters. The first-order valence-corrected chi connectivity index (χ1v) is 9.33. The second-order valence-electron chi connectivity index (χ2n) is 7.27. The number of ether oxygens (including phenoxy) is 2. The molecule has 3 amide bonds. The quantitative estimate of drug-likeness (QED) is 0.470. The predicted octanol–water partition coefficient (Wildman–Crippen LogP) is 2.87. The first-order valence-electron chi connectivity index (χ1n) is 8.95. The summed E-state index contributed by atoms with van der Waals surface area (Å²) in [7, 11) is 0. The van der Waals surface area contributed by atoms with E-state index in [9.17, 15) is 14.4 Å². The highest BCUT2D eigenvalue weighted by molar-refractivity contribution is 6.30. The molecule has 1 atom stereocenters. The number of alkyl carbamates (subject to hydrolysis) is 1. The van der Waals surface area contributed by atoms with Crippen LogP contribution in [0, 0.1) is 6.92 Å². The Morgan fingerprint density at radius 3 is 2.46 bits per heavy atom. The fourth-order valence-corrected chi connectivity index (χ4v) is 2.27. The molecular weight excluding hydrogens is 386 g/mol. The minimum Gasteiger partial charge on any atom is -0.493 e. The van der Waals surface area contributed by atoms with Gasteiger partial charge in [0.15, 0.2) is 0 Å². The highest BCUT2D eigenvalue weighted by Gasteiger charge is 2.21. The molecule has 0 spiro atoms. The molecule has 1 aromatic rings. The first-order chi connectivity index (χ1) is 13.0. The third kappa shape index (κ3) is 9.45. The Balaban J connectivity index is 2.24. The number of carbonyl (C=O) groups excluding carboxylic acids is 3. The van der Waals surface area contributed by atoms with Crippen LogP contribution in [-0.2, 0) is 14.3 Å². The Kier molecular flexibility index (Phi) is 9.05. The Morgan fingerprint density at radius 1 is 1.18 bits per heavy atom. The smallest absolute Gasteiger partial charge is 0.408 e. The van der Waals surface area contributed by atoms with Crippen LogP contribution >= 0.6 is 11.6 Å². The monoisotopic (exact) mass is 413 g/mol. The molecule has 3 N–H and O–H groups in total. The van der Waals surface area contributed by atoms with E-state index in [4.69, 9.17) is 21.1 Å². The molecule has 0 heterocycles. The molecule has 0 aliphatic rings. The van der Waals surface area contributed by atoms with Crippen molar-refractivity contribution in [3.8, 4) is 5.75 Å². The molecule has 0 radical (unpaired) electrons. The summed E-state index contributed by atoms with van der Waals surface area (Å²) in [5, 5.41) is 3.02. The Hall–Kier alpha value is -2.48. The maximum atomic E-state index is 11.9. The van der Waals surface area contributed by atoms with Crippen molar-refractivity contribution in [3.63, 3.8) is 0 Å². The largest absolute Gasteiger partial charge is 0.493 e. The van der Waals surface area contributed by atoms with Crippen molar-refractivity contribution >= 4 is 29.5 Å². The number of nitrogens with one attached hydrogen (secondary N) is 3. The van der Waals surface area contributed by atoms with Crippen LogP contribution in [0.2, 0.25) is 5.02 Å². The van der Waals surface area contributed by atoms with Crippen molar-refractivity contribution in [2.45, 2.75) is 59.1 Å². The molecule has 0 fully saturated rings. The van der Waals surface area contributed by atoms with Crippen LogP contribution in [0.4, 0.5) is 4.79 Å². The number of hydrogen-bond acceptors (Lipinski definition) is 5. The van der Waals surface area contributed by atoms with Gasteiger partial charge < -0.3 is 14.8 Å².